The van der Waals surface area contributed by atoms with Crippen LogP contribution in [0.1, 0.15) is 16.7 Å². The van der Waals surface area contributed by atoms with E-state index in [9.17, 15) is 15.8 Å². The number of pyridine rings is 1. The second-order valence-corrected chi connectivity index (χ2v) is 20.5. The van der Waals surface area contributed by atoms with Gasteiger partial charge in [0.25, 0.3) is 0 Å². The lowest BCUT2D eigenvalue weighted by Gasteiger charge is -2.19. The van der Waals surface area contributed by atoms with Gasteiger partial charge in [-0.2, -0.15) is 15.8 Å². The highest BCUT2D eigenvalue weighted by atomic mass is 15.0. The van der Waals surface area contributed by atoms with Gasteiger partial charge in [-0.3, -0.25) is 0 Å². The third kappa shape index (κ3) is 8.39. The van der Waals surface area contributed by atoms with Crippen molar-refractivity contribution < 1.29 is 0 Å². The van der Waals surface area contributed by atoms with Crippen LogP contribution in [0.15, 0.2) is 255 Å². The fourth-order valence-electron chi connectivity index (χ4n) is 12.0. The van der Waals surface area contributed by atoms with Gasteiger partial charge in [-0.05, 0) is 141 Å². The van der Waals surface area contributed by atoms with E-state index in [0.717, 1.165) is 122 Å². The molecule has 14 aromatic rings. The molecule has 0 aliphatic heterocycles. The third-order valence-corrected chi connectivity index (χ3v) is 15.9. The minimum absolute atomic E-state index is 0.402. The number of nitrogens with zero attached hydrogens (tertiary/aromatic N) is 8. The minimum Gasteiger partial charge on any atom is -0.308 e. The Morgan fingerprint density at radius 1 is 0.310 bits per heavy atom. The summed E-state index contributed by atoms with van der Waals surface area (Å²) >= 11 is 0. The Kier molecular flexibility index (Phi) is 12.3. The van der Waals surface area contributed by atoms with E-state index in [2.05, 4.69) is 134 Å². The highest BCUT2D eigenvalue weighted by molar-refractivity contribution is 6.14. The van der Waals surface area contributed by atoms with Crippen molar-refractivity contribution in [3.8, 4) is 108 Å². The molecule has 8 heteroatoms. The Morgan fingerprint density at radius 2 is 0.643 bits per heavy atom. The van der Waals surface area contributed by atoms with Crippen molar-refractivity contribution >= 4 is 55.0 Å². The monoisotopic (exact) mass is 1070 g/mol. The summed E-state index contributed by atoms with van der Waals surface area (Å²) in [5.74, 6) is 0. The van der Waals surface area contributed by atoms with Gasteiger partial charge in [-0.15, -0.1) is 0 Å². The van der Waals surface area contributed by atoms with Crippen LogP contribution in [0.3, 0.4) is 0 Å². The first kappa shape index (κ1) is 49.9. The van der Waals surface area contributed by atoms with Crippen LogP contribution in [0, 0.1) is 47.1 Å². The van der Waals surface area contributed by atoms with Gasteiger partial charge in [0.05, 0.1) is 81.2 Å². The highest BCUT2D eigenvalue weighted by Crippen LogP contribution is 2.45. The molecule has 0 fully saturated rings. The molecular weight excluding hydrogens is 1020 g/mol. The molecule has 386 valence electrons. The van der Waals surface area contributed by atoms with Gasteiger partial charge in [0.2, 0.25) is 0 Å². The van der Waals surface area contributed by atoms with E-state index in [1.165, 1.54) is 0 Å². The second-order valence-electron chi connectivity index (χ2n) is 20.5. The Balaban J connectivity index is 1.12. The molecule has 3 aromatic heterocycles. The summed E-state index contributed by atoms with van der Waals surface area (Å²) in [5, 5.41) is 36.4. The van der Waals surface area contributed by atoms with E-state index in [4.69, 9.17) is 18.1 Å². The number of nitriles is 3. The lowest BCUT2D eigenvalue weighted by Crippen LogP contribution is -2.05. The molecule has 0 unspecified atom stereocenters. The molecule has 0 atom stereocenters. The summed E-state index contributed by atoms with van der Waals surface area (Å²) in [6.45, 7) is 16.2. The van der Waals surface area contributed by atoms with Crippen LogP contribution in [-0.2, 0) is 0 Å². The molecule has 3 heterocycles. The summed E-state index contributed by atoms with van der Waals surface area (Å²) in [5.41, 5.74) is 18.9. The number of rotatable bonds is 9. The van der Waals surface area contributed by atoms with Gasteiger partial charge in [-0.25, -0.2) is 14.7 Å². The Bertz CT molecular complexity index is 4720. The Labute approximate surface area is 484 Å². The number of hydrogen-bond donors (Lipinski definition) is 0. The van der Waals surface area contributed by atoms with E-state index in [1.807, 2.05) is 158 Å². The average molecular weight is 1070 g/mol. The van der Waals surface area contributed by atoms with Crippen LogP contribution in [0.2, 0.25) is 0 Å². The predicted octanol–water partition coefficient (Wildman–Crippen LogP) is 19.7. The standard InChI is InChI=1S/C76H42N8/c1-80-67-27-15-13-25-60(67)52-31-35-73-64(39-52)62-37-50(58-23-11-9-21-54(58)45-77)29-33-71(62)83(73)75-43-57(56-41-69(48-17-5-3-6-18-48)82-70(42-56)49-19-7-4-8-20-49)44-76(66(75)47-79)84-72-34-30-51(59-24-12-10-22-55(59)46-78)38-63(72)65-40-53(32-36-74(65)84)61-26-14-16-28-68(61)81-2/h3-44H. The summed E-state index contributed by atoms with van der Waals surface area (Å²) in [6.07, 6.45) is 0. The first-order valence-corrected chi connectivity index (χ1v) is 27.2. The largest absolute Gasteiger partial charge is 0.308 e. The molecule has 0 spiro atoms. The van der Waals surface area contributed by atoms with E-state index in [-0.39, 0.29) is 0 Å². The van der Waals surface area contributed by atoms with Crippen molar-refractivity contribution in [1.29, 1.82) is 15.8 Å². The summed E-state index contributed by atoms with van der Waals surface area (Å²) < 4.78 is 4.37. The zero-order valence-electron chi connectivity index (χ0n) is 44.8. The maximum atomic E-state index is 12.1. The van der Waals surface area contributed by atoms with Crippen molar-refractivity contribution in [1.82, 2.24) is 14.1 Å². The molecule has 8 nitrogen and oxygen atoms in total. The smallest absolute Gasteiger partial charge is 0.194 e. The quantitative estimate of drug-likeness (QED) is 0.134. The van der Waals surface area contributed by atoms with Gasteiger partial charge in [0.1, 0.15) is 11.6 Å². The van der Waals surface area contributed by atoms with Crippen molar-refractivity contribution in [3.05, 3.63) is 294 Å². The van der Waals surface area contributed by atoms with Crippen molar-refractivity contribution in [2.45, 2.75) is 0 Å². The van der Waals surface area contributed by atoms with Gasteiger partial charge in [0, 0.05) is 32.7 Å². The topological polar surface area (TPSA) is 103 Å². The van der Waals surface area contributed by atoms with Crippen molar-refractivity contribution in [2.75, 3.05) is 0 Å². The summed E-state index contributed by atoms with van der Waals surface area (Å²) in [4.78, 5) is 13.1. The first-order chi connectivity index (χ1) is 41.4. The fraction of sp³-hybridized carbons (Fsp3) is 0. The van der Waals surface area contributed by atoms with E-state index in [0.29, 0.717) is 39.4 Å². The van der Waals surface area contributed by atoms with Crippen molar-refractivity contribution in [3.63, 3.8) is 0 Å². The maximum Gasteiger partial charge on any atom is 0.194 e. The normalized spacial score (nSPS) is 11.0. The van der Waals surface area contributed by atoms with Crippen molar-refractivity contribution in [2.24, 2.45) is 0 Å². The molecule has 0 radical (unpaired) electrons. The summed E-state index contributed by atoms with van der Waals surface area (Å²) in [6, 6.07) is 91.8. The molecule has 0 saturated heterocycles. The molecule has 0 aliphatic carbocycles. The number of para-hydroxylation sites is 2. The third-order valence-electron chi connectivity index (χ3n) is 15.9. The van der Waals surface area contributed by atoms with Gasteiger partial charge >= 0.3 is 0 Å². The van der Waals surface area contributed by atoms with E-state index >= 15 is 0 Å². The predicted molar refractivity (Wildman–Crippen MR) is 338 cm³/mol. The zero-order chi connectivity index (χ0) is 56.8. The number of hydrogen-bond acceptors (Lipinski definition) is 4. The van der Waals surface area contributed by atoms with Crippen LogP contribution >= 0.6 is 0 Å². The summed E-state index contributed by atoms with van der Waals surface area (Å²) in [7, 11) is 0. The van der Waals surface area contributed by atoms with Crippen LogP contribution in [0.25, 0.3) is 143 Å². The Hall–Kier alpha value is -12.4. The molecule has 0 saturated carbocycles. The Morgan fingerprint density at radius 3 is 1.01 bits per heavy atom. The SMILES string of the molecule is [C-]#[N+]c1ccccc1-c1ccc2c(c1)c1cc(-c3ccccc3C#N)ccc1n2-c1cc(-c2cc(-c3ccccc3)nc(-c3ccccc3)c2)cc(-n2c3ccc(-c4ccccc4C#N)cc3c3cc(-c4ccccc4[N+]#[C-])ccc32)c1C#N. The van der Waals surface area contributed by atoms with E-state index < -0.39 is 0 Å². The zero-order valence-corrected chi connectivity index (χ0v) is 44.8. The van der Waals surface area contributed by atoms with Crippen LogP contribution in [0.4, 0.5) is 11.4 Å². The molecule has 0 amide bonds. The number of benzene rings is 11. The van der Waals surface area contributed by atoms with Crippen LogP contribution < -0.4 is 0 Å². The van der Waals surface area contributed by atoms with Gasteiger partial charge in [-0.1, -0.05) is 170 Å². The molecule has 0 N–H and O–H groups in total. The molecule has 0 aliphatic rings. The fourth-order valence-corrected chi connectivity index (χ4v) is 12.0. The second kappa shape index (κ2) is 20.7. The average Bonchev–Trinajstić information content (AvgIpc) is 3.98. The van der Waals surface area contributed by atoms with Gasteiger partial charge < -0.3 is 9.13 Å². The molecule has 11 aromatic carbocycles. The van der Waals surface area contributed by atoms with Crippen LogP contribution in [0.5, 0.6) is 0 Å². The van der Waals surface area contributed by atoms with E-state index in [1.54, 1.807) is 0 Å². The lowest BCUT2D eigenvalue weighted by molar-refractivity contribution is 1.12. The van der Waals surface area contributed by atoms with Gasteiger partial charge in [0.15, 0.2) is 11.4 Å². The molecular formula is C76H42N8. The molecule has 84 heavy (non-hydrogen) atoms. The molecule has 0 bridgehead atoms. The minimum atomic E-state index is 0.402. The van der Waals surface area contributed by atoms with Crippen LogP contribution in [-0.4, -0.2) is 14.1 Å². The highest BCUT2D eigenvalue weighted by Gasteiger charge is 2.25. The number of aromatic nitrogens is 3. The first-order valence-electron chi connectivity index (χ1n) is 27.2. The number of fused-ring (bicyclic) bond motifs is 6. The maximum absolute atomic E-state index is 12.1. The lowest BCUT2D eigenvalue weighted by atomic mass is 9.96. The molecule has 14 rings (SSSR count).